The molecule has 0 amide bonds. The van der Waals surface area contributed by atoms with Crippen LogP contribution in [0.4, 0.5) is 0 Å². The Kier molecular flexibility index (Phi) is 5.75. The van der Waals surface area contributed by atoms with E-state index in [-0.39, 0.29) is 12.3 Å². The van der Waals surface area contributed by atoms with Crippen LogP contribution in [0.25, 0.3) is 0 Å². The summed E-state index contributed by atoms with van der Waals surface area (Å²) in [7, 11) is 0. The van der Waals surface area contributed by atoms with Gasteiger partial charge in [0.1, 0.15) is 12.1 Å². The number of nitriles is 2. The van der Waals surface area contributed by atoms with Gasteiger partial charge in [0.25, 0.3) is 0 Å². The number of rotatable bonds is 6. The van der Waals surface area contributed by atoms with Crippen LogP contribution in [-0.4, -0.2) is 47.8 Å². The summed E-state index contributed by atoms with van der Waals surface area (Å²) in [6, 6.07) is 4.27. The fourth-order valence-corrected chi connectivity index (χ4v) is 2.38. The lowest BCUT2D eigenvalue weighted by Gasteiger charge is -2.39. The molecule has 19 heavy (non-hydrogen) atoms. The van der Waals surface area contributed by atoms with Gasteiger partial charge in [0.15, 0.2) is 5.54 Å². The predicted molar refractivity (Wildman–Crippen MR) is 67.0 cm³/mol. The van der Waals surface area contributed by atoms with Gasteiger partial charge in [0, 0.05) is 25.4 Å². The van der Waals surface area contributed by atoms with Crippen molar-refractivity contribution < 1.29 is 14.6 Å². The van der Waals surface area contributed by atoms with E-state index in [1.54, 1.807) is 0 Å². The third kappa shape index (κ3) is 3.66. The Morgan fingerprint density at radius 2 is 2.00 bits per heavy atom. The van der Waals surface area contributed by atoms with Crippen molar-refractivity contribution in [3.05, 3.63) is 0 Å². The van der Waals surface area contributed by atoms with E-state index in [9.17, 15) is 15.3 Å². The maximum absolute atomic E-state index is 10.5. The van der Waals surface area contributed by atoms with E-state index in [1.807, 2.05) is 11.8 Å². The molecule has 6 nitrogen and oxygen atoms in total. The van der Waals surface area contributed by atoms with Crippen LogP contribution in [0.3, 0.4) is 0 Å². The molecule has 1 fully saturated rings. The van der Waals surface area contributed by atoms with E-state index in [0.29, 0.717) is 39.1 Å². The van der Waals surface area contributed by atoms with E-state index >= 15 is 0 Å². The first-order chi connectivity index (χ1) is 9.06. The fourth-order valence-electron chi connectivity index (χ4n) is 2.38. The number of carboxylic acids is 1. The maximum atomic E-state index is 10.5. The Labute approximate surface area is 113 Å². The lowest BCUT2D eigenvalue weighted by Crippen LogP contribution is -2.55. The Morgan fingerprint density at radius 1 is 1.42 bits per heavy atom. The second kappa shape index (κ2) is 7.08. The summed E-state index contributed by atoms with van der Waals surface area (Å²) in [5, 5.41) is 27.5. The SMILES string of the molecule is CC(CCCC(=O)O)C(C#N)(C#N)N1CCOCC1. The molecule has 0 aromatic heterocycles. The average molecular weight is 265 g/mol. The molecule has 1 unspecified atom stereocenters. The van der Waals surface area contributed by atoms with Gasteiger partial charge in [-0.2, -0.15) is 10.5 Å². The smallest absolute Gasteiger partial charge is 0.303 e. The van der Waals surface area contributed by atoms with Crippen LogP contribution in [0.2, 0.25) is 0 Å². The van der Waals surface area contributed by atoms with Crippen molar-refractivity contribution in [3.8, 4) is 12.1 Å². The van der Waals surface area contributed by atoms with Crippen LogP contribution in [-0.2, 0) is 9.53 Å². The average Bonchev–Trinajstić information content (AvgIpc) is 2.41. The molecule has 1 aliphatic heterocycles. The summed E-state index contributed by atoms with van der Waals surface area (Å²) in [5.41, 5.74) is -1.18. The fraction of sp³-hybridized carbons (Fsp3) is 0.769. The number of ether oxygens (including phenoxy) is 1. The second-order valence-corrected chi connectivity index (χ2v) is 4.78. The molecule has 104 valence electrons. The minimum Gasteiger partial charge on any atom is -0.481 e. The molecule has 1 N–H and O–H groups in total. The summed E-state index contributed by atoms with van der Waals surface area (Å²) >= 11 is 0. The van der Waals surface area contributed by atoms with Crippen molar-refractivity contribution in [1.29, 1.82) is 10.5 Å². The topological polar surface area (TPSA) is 97.3 Å². The van der Waals surface area contributed by atoms with Crippen molar-refractivity contribution >= 4 is 5.97 Å². The third-order valence-corrected chi connectivity index (χ3v) is 3.59. The van der Waals surface area contributed by atoms with E-state index in [4.69, 9.17) is 9.84 Å². The molecule has 0 saturated carbocycles. The van der Waals surface area contributed by atoms with Crippen molar-refractivity contribution in [1.82, 2.24) is 4.90 Å². The summed E-state index contributed by atoms with van der Waals surface area (Å²) < 4.78 is 5.24. The first-order valence-electron chi connectivity index (χ1n) is 6.44. The van der Waals surface area contributed by atoms with Crippen LogP contribution >= 0.6 is 0 Å². The van der Waals surface area contributed by atoms with Crippen LogP contribution < -0.4 is 0 Å². The van der Waals surface area contributed by atoms with E-state index in [0.717, 1.165) is 0 Å². The first kappa shape index (κ1) is 15.4. The lowest BCUT2D eigenvalue weighted by molar-refractivity contribution is -0.137. The third-order valence-electron chi connectivity index (χ3n) is 3.59. The summed E-state index contributed by atoms with van der Waals surface area (Å²) in [6.45, 7) is 4.00. The Balaban J connectivity index is 2.72. The normalized spacial score (nSPS) is 18.3. The first-order valence-corrected chi connectivity index (χ1v) is 6.44. The van der Waals surface area contributed by atoms with Gasteiger partial charge in [-0.1, -0.05) is 6.92 Å². The van der Waals surface area contributed by atoms with Crippen molar-refractivity contribution in [2.24, 2.45) is 5.92 Å². The Morgan fingerprint density at radius 3 is 2.47 bits per heavy atom. The Bertz CT molecular complexity index is 377. The molecule has 1 saturated heterocycles. The van der Waals surface area contributed by atoms with Crippen molar-refractivity contribution in [2.45, 2.75) is 31.7 Å². The van der Waals surface area contributed by atoms with Crippen LogP contribution in [0, 0.1) is 28.6 Å². The van der Waals surface area contributed by atoms with Gasteiger partial charge in [-0.05, 0) is 12.8 Å². The minimum atomic E-state index is -1.18. The van der Waals surface area contributed by atoms with Crippen LogP contribution in [0.5, 0.6) is 0 Å². The van der Waals surface area contributed by atoms with Gasteiger partial charge in [0.2, 0.25) is 0 Å². The molecule has 0 aromatic carbocycles. The van der Waals surface area contributed by atoms with Crippen molar-refractivity contribution in [2.75, 3.05) is 26.3 Å². The zero-order chi connectivity index (χ0) is 14.3. The number of nitrogens with zero attached hydrogens (tertiary/aromatic N) is 3. The van der Waals surface area contributed by atoms with Gasteiger partial charge in [-0.25, -0.2) is 0 Å². The molecular weight excluding hydrogens is 246 g/mol. The van der Waals surface area contributed by atoms with Crippen LogP contribution in [0.15, 0.2) is 0 Å². The molecule has 1 atom stereocenters. The van der Waals surface area contributed by atoms with Crippen molar-refractivity contribution in [3.63, 3.8) is 0 Å². The quantitative estimate of drug-likeness (QED) is 0.769. The van der Waals surface area contributed by atoms with E-state index in [2.05, 4.69) is 12.1 Å². The van der Waals surface area contributed by atoms with E-state index < -0.39 is 11.5 Å². The number of carboxylic acid groups (broad SMARTS) is 1. The molecular formula is C13H19N3O3. The molecule has 0 aliphatic carbocycles. The molecule has 0 bridgehead atoms. The zero-order valence-electron chi connectivity index (χ0n) is 11.1. The summed E-state index contributed by atoms with van der Waals surface area (Å²) in [4.78, 5) is 12.4. The van der Waals surface area contributed by atoms with E-state index in [1.165, 1.54) is 0 Å². The molecule has 1 aliphatic rings. The molecule has 0 spiro atoms. The number of aliphatic carboxylic acids is 1. The van der Waals surface area contributed by atoms with Gasteiger partial charge < -0.3 is 9.84 Å². The highest BCUT2D eigenvalue weighted by Crippen LogP contribution is 2.29. The molecule has 1 rings (SSSR count). The number of hydrogen-bond acceptors (Lipinski definition) is 5. The number of carbonyl (C=O) groups is 1. The van der Waals surface area contributed by atoms with Gasteiger partial charge in [-0.3, -0.25) is 9.69 Å². The second-order valence-electron chi connectivity index (χ2n) is 4.78. The summed E-state index contributed by atoms with van der Waals surface area (Å²) in [6.07, 6.45) is 1.09. The van der Waals surface area contributed by atoms with Gasteiger partial charge in [0.05, 0.1) is 13.2 Å². The largest absolute Gasteiger partial charge is 0.481 e. The lowest BCUT2D eigenvalue weighted by atomic mass is 9.82. The molecule has 1 heterocycles. The maximum Gasteiger partial charge on any atom is 0.303 e. The molecule has 0 radical (unpaired) electrons. The summed E-state index contributed by atoms with van der Waals surface area (Å²) in [5.74, 6) is -1.04. The number of hydrogen-bond donors (Lipinski definition) is 1. The minimum absolute atomic E-state index is 0.0698. The standard InChI is InChI=1S/C13H19N3O3/c1-11(3-2-4-12(17)18)13(9-14,10-15)16-5-7-19-8-6-16/h11H,2-8H2,1H3,(H,17,18). The predicted octanol–water partition coefficient (Wildman–Crippen LogP) is 0.996. The molecule has 6 heteroatoms. The molecule has 0 aromatic rings. The Hall–Kier alpha value is -1.63. The highest BCUT2D eigenvalue weighted by molar-refractivity contribution is 5.66. The highest BCUT2D eigenvalue weighted by Gasteiger charge is 2.43. The van der Waals surface area contributed by atoms with Gasteiger partial charge in [-0.15, -0.1) is 0 Å². The highest BCUT2D eigenvalue weighted by atomic mass is 16.5. The monoisotopic (exact) mass is 265 g/mol. The van der Waals surface area contributed by atoms with Crippen LogP contribution in [0.1, 0.15) is 26.2 Å². The zero-order valence-corrected chi connectivity index (χ0v) is 11.1. The van der Waals surface area contributed by atoms with Gasteiger partial charge >= 0.3 is 5.97 Å². The number of morpholine rings is 1.